The fourth-order valence-corrected chi connectivity index (χ4v) is 5.59. The van der Waals surface area contributed by atoms with E-state index in [1.54, 1.807) is 24.3 Å². The van der Waals surface area contributed by atoms with Crippen molar-refractivity contribution < 1.29 is 23.1 Å². The number of aliphatic carboxylic acids is 1. The quantitative estimate of drug-likeness (QED) is 0.761. The number of nitrogens with zero attached hydrogens (tertiary/aromatic N) is 1. The van der Waals surface area contributed by atoms with E-state index in [0.717, 1.165) is 11.3 Å². The highest BCUT2D eigenvalue weighted by atomic mass is 35.5. The van der Waals surface area contributed by atoms with Crippen molar-refractivity contribution in [2.75, 3.05) is 26.3 Å². The van der Waals surface area contributed by atoms with E-state index in [0.29, 0.717) is 41.8 Å². The van der Waals surface area contributed by atoms with Gasteiger partial charge in [-0.1, -0.05) is 23.7 Å². The molecule has 0 saturated carbocycles. The van der Waals surface area contributed by atoms with Crippen LogP contribution in [0.15, 0.2) is 40.6 Å². The Morgan fingerprint density at radius 3 is 2.62 bits per heavy atom. The van der Waals surface area contributed by atoms with Crippen LogP contribution in [0.2, 0.25) is 5.02 Å². The molecule has 0 atom stereocenters. The molecule has 0 radical (unpaired) electrons. The second kappa shape index (κ2) is 7.89. The van der Waals surface area contributed by atoms with Gasteiger partial charge in [0.05, 0.1) is 18.8 Å². The van der Waals surface area contributed by atoms with Gasteiger partial charge < -0.3 is 9.84 Å². The van der Waals surface area contributed by atoms with Crippen LogP contribution in [0.3, 0.4) is 0 Å². The Morgan fingerprint density at radius 1 is 1.23 bits per heavy atom. The van der Waals surface area contributed by atoms with Gasteiger partial charge in [-0.15, -0.1) is 11.3 Å². The second-order valence-electron chi connectivity index (χ2n) is 5.55. The van der Waals surface area contributed by atoms with Gasteiger partial charge in [0.2, 0.25) is 0 Å². The van der Waals surface area contributed by atoms with Crippen molar-refractivity contribution in [2.45, 2.75) is 4.21 Å². The lowest BCUT2D eigenvalue weighted by atomic mass is 10.1. The van der Waals surface area contributed by atoms with Crippen molar-refractivity contribution >= 4 is 50.6 Å². The number of sulfonamides is 1. The molecule has 0 spiro atoms. The molecule has 2 heterocycles. The minimum Gasteiger partial charge on any atom is -0.478 e. The monoisotopic (exact) mass is 413 g/mol. The van der Waals surface area contributed by atoms with E-state index in [2.05, 4.69) is 0 Å². The van der Waals surface area contributed by atoms with Gasteiger partial charge in [0.15, 0.2) is 0 Å². The molecule has 0 unspecified atom stereocenters. The number of hydrogen-bond donors (Lipinski definition) is 1. The van der Waals surface area contributed by atoms with Crippen molar-refractivity contribution in [3.63, 3.8) is 0 Å². The van der Waals surface area contributed by atoms with Gasteiger partial charge in [0.1, 0.15) is 4.21 Å². The number of morpholine rings is 1. The Kier molecular flexibility index (Phi) is 5.79. The largest absolute Gasteiger partial charge is 0.478 e. The first kappa shape index (κ1) is 19.1. The summed E-state index contributed by atoms with van der Waals surface area (Å²) >= 11 is 6.88. The van der Waals surface area contributed by atoms with Crippen molar-refractivity contribution in [3.8, 4) is 0 Å². The molecule has 1 aliphatic rings. The highest BCUT2D eigenvalue weighted by Crippen LogP contribution is 2.31. The van der Waals surface area contributed by atoms with E-state index in [1.165, 1.54) is 22.5 Å². The number of thiophene rings is 1. The van der Waals surface area contributed by atoms with Crippen molar-refractivity contribution in [2.24, 2.45) is 0 Å². The maximum Gasteiger partial charge on any atom is 0.337 e. The number of halogens is 1. The van der Waals surface area contributed by atoms with Crippen molar-refractivity contribution in [3.05, 3.63) is 51.9 Å². The summed E-state index contributed by atoms with van der Waals surface area (Å²) in [7, 11) is -3.65. The van der Waals surface area contributed by atoms with Gasteiger partial charge in [-0.3, -0.25) is 0 Å². The average Bonchev–Trinajstić information content (AvgIpc) is 3.11. The third-order valence-electron chi connectivity index (χ3n) is 3.80. The minimum atomic E-state index is -3.65. The first-order valence-electron chi connectivity index (χ1n) is 7.76. The molecule has 1 saturated heterocycles. The van der Waals surface area contributed by atoms with Gasteiger partial charge in [0.25, 0.3) is 10.0 Å². The molecule has 2 aromatic rings. The summed E-state index contributed by atoms with van der Waals surface area (Å²) < 4.78 is 32.0. The smallest absolute Gasteiger partial charge is 0.337 e. The fraction of sp³-hybridized carbons (Fsp3) is 0.235. The van der Waals surface area contributed by atoms with Crippen LogP contribution < -0.4 is 0 Å². The number of ether oxygens (including phenoxy) is 1. The fourth-order valence-electron chi connectivity index (χ4n) is 2.52. The molecule has 0 bridgehead atoms. The van der Waals surface area contributed by atoms with Crippen LogP contribution in [0.5, 0.6) is 0 Å². The molecule has 1 N–H and O–H groups in total. The predicted molar refractivity (Wildman–Crippen MR) is 101 cm³/mol. The molecule has 9 heteroatoms. The normalized spacial score (nSPS) is 16.6. The highest BCUT2D eigenvalue weighted by molar-refractivity contribution is 7.91. The lowest BCUT2D eigenvalue weighted by Gasteiger charge is -2.25. The van der Waals surface area contributed by atoms with Crippen LogP contribution in [-0.2, 0) is 19.6 Å². The third kappa shape index (κ3) is 4.16. The van der Waals surface area contributed by atoms with Gasteiger partial charge in [-0.05, 0) is 35.9 Å². The Labute approximate surface area is 160 Å². The number of carbonyl (C=O) groups is 1. The SMILES string of the molecule is O=C(O)/C(=C/c1cccc(Cl)c1)c1ccc(S(=O)(=O)N2CCOCC2)s1. The molecule has 3 rings (SSSR count). The number of carboxylic acids is 1. The van der Waals surface area contributed by atoms with Gasteiger partial charge in [-0.2, -0.15) is 4.31 Å². The number of carboxylic acid groups (broad SMARTS) is 1. The molecule has 1 aromatic heterocycles. The summed E-state index contributed by atoms with van der Waals surface area (Å²) in [6, 6.07) is 9.74. The standard InChI is InChI=1S/C17H16ClNO5S2/c18-13-3-1-2-12(10-13)11-14(17(20)21)15-4-5-16(25-15)26(22,23)19-6-8-24-9-7-19/h1-5,10-11H,6-9H2,(H,20,21)/b14-11+. The molecule has 0 aliphatic carbocycles. The highest BCUT2D eigenvalue weighted by Gasteiger charge is 2.28. The average molecular weight is 414 g/mol. The van der Waals surface area contributed by atoms with Crippen LogP contribution in [-0.4, -0.2) is 50.1 Å². The number of rotatable bonds is 5. The van der Waals surface area contributed by atoms with Crippen molar-refractivity contribution in [1.82, 2.24) is 4.31 Å². The maximum atomic E-state index is 12.7. The first-order chi connectivity index (χ1) is 12.4. The molecular weight excluding hydrogens is 398 g/mol. The van der Waals surface area contributed by atoms with E-state index < -0.39 is 16.0 Å². The van der Waals surface area contributed by atoms with Gasteiger partial charge in [-0.25, -0.2) is 13.2 Å². The van der Waals surface area contributed by atoms with Crippen LogP contribution in [0.1, 0.15) is 10.4 Å². The van der Waals surface area contributed by atoms with E-state index >= 15 is 0 Å². The molecule has 138 valence electrons. The minimum absolute atomic E-state index is 0.0145. The summed E-state index contributed by atoms with van der Waals surface area (Å²) in [6.45, 7) is 1.29. The Bertz CT molecular complexity index is 946. The first-order valence-corrected chi connectivity index (χ1v) is 10.4. The third-order valence-corrected chi connectivity index (χ3v) is 7.52. The van der Waals surface area contributed by atoms with Crippen LogP contribution in [0, 0.1) is 0 Å². The predicted octanol–water partition coefficient (Wildman–Crippen LogP) is 3.05. The second-order valence-corrected chi connectivity index (χ2v) is 9.24. The lowest BCUT2D eigenvalue weighted by Crippen LogP contribution is -2.40. The van der Waals surface area contributed by atoms with E-state index in [-0.39, 0.29) is 9.78 Å². The summed E-state index contributed by atoms with van der Waals surface area (Å²) in [5, 5.41) is 10.0. The molecule has 0 amide bonds. The van der Waals surface area contributed by atoms with Crippen LogP contribution >= 0.6 is 22.9 Å². The maximum absolute atomic E-state index is 12.7. The molecule has 1 fully saturated rings. The molecule has 1 aromatic carbocycles. The number of hydrogen-bond acceptors (Lipinski definition) is 5. The lowest BCUT2D eigenvalue weighted by molar-refractivity contribution is -0.130. The molecular formula is C17H16ClNO5S2. The van der Waals surface area contributed by atoms with E-state index in [9.17, 15) is 18.3 Å². The Morgan fingerprint density at radius 2 is 1.96 bits per heavy atom. The zero-order valence-electron chi connectivity index (χ0n) is 13.6. The van der Waals surface area contributed by atoms with Gasteiger partial charge in [0, 0.05) is 23.0 Å². The van der Waals surface area contributed by atoms with E-state index in [1.807, 2.05) is 0 Å². The summed E-state index contributed by atoms with van der Waals surface area (Å²) in [5.74, 6) is -1.14. The van der Waals surface area contributed by atoms with Crippen LogP contribution in [0.25, 0.3) is 11.6 Å². The van der Waals surface area contributed by atoms with Crippen LogP contribution in [0.4, 0.5) is 0 Å². The Hall–Kier alpha value is -1.71. The zero-order valence-corrected chi connectivity index (χ0v) is 16.0. The summed E-state index contributed by atoms with van der Waals surface area (Å²) in [5.41, 5.74) is 0.640. The van der Waals surface area contributed by atoms with Crippen molar-refractivity contribution in [1.29, 1.82) is 0 Å². The Balaban J connectivity index is 1.94. The molecule has 26 heavy (non-hydrogen) atoms. The van der Waals surface area contributed by atoms with Gasteiger partial charge >= 0.3 is 5.97 Å². The molecule has 1 aliphatic heterocycles. The zero-order chi connectivity index (χ0) is 18.7. The summed E-state index contributed by atoms with van der Waals surface area (Å²) in [6.07, 6.45) is 1.48. The molecule has 6 nitrogen and oxygen atoms in total. The number of benzene rings is 1. The summed E-state index contributed by atoms with van der Waals surface area (Å²) in [4.78, 5) is 12.0. The van der Waals surface area contributed by atoms with E-state index in [4.69, 9.17) is 16.3 Å². The topological polar surface area (TPSA) is 83.9 Å².